The summed E-state index contributed by atoms with van der Waals surface area (Å²) < 4.78 is 10.6. The van der Waals surface area contributed by atoms with E-state index in [1.165, 1.54) is 7.11 Å². The Morgan fingerprint density at radius 2 is 1.68 bits per heavy atom. The van der Waals surface area contributed by atoms with Crippen LogP contribution in [-0.2, 0) is 4.79 Å². The third-order valence-electron chi connectivity index (χ3n) is 4.37. The van der Waals surface area contributed by atoms with Gasteiger partial charge >= 0.3 is 5.97 Å². The van der Waals surface area contributed by atoms with Crippen molar-refractivity contribution >= 4 is 17.6 Å². The van der Waals surface area contributed by atoms with Crippen LogP contribution in [-0.4, -0.2) is 19.0 Å². The van der Waals surface area contributed by atoms with Gasteiger partial charge in [0.05, 0.1) is 18.6 Å². The second-order valence-corrected chi connectivity index (χ2v) is 6.08. The predicted octanol–water partition coefficient (Wildman–Crippen LogP) is 4.04. The predicted molar refractivity (Wildman–Crippen MR) is 95.0 cm³/mol. The molecule has 25 heavy (non-hydrogen) atoms. The molecule has 0 heterocycles. The van der Waals surface area contributed by atoms with Crippen molar-refractivity contribution in [2.24, 2.45) is 5.92 Å². The smallest absolute Gasteiger partial charge is 0.314 e. The van der Waals surface area contributed by atoms with Crippen molar-refractivity contribution in [2.45, 2.75) is 25.7 Å². The van der Waals surface area contributed by atoms with Crippen LogP contribution in [0, 0.1) is 5.92 Å². The van der Waals surface area contributed by atoms with E-state index in [9.17, 15) is 9.59 Å². The lowest BCUT2D eigenvalue weighted by Gasteiger charge is -2.11. The van der Waals surface area contributed by atoms with Gasteiger partial charge in [-0.2, -0.15) is 0 Å². The fourth-order valence-electron chi connectivity index (χ4n) is 3.00. The zero-order valence-corrected chi connectivity index (χ0v) is 14.2. The highest BCUT2D eigenvalue weighted by molar-refractivity contribution is 6.06. The number of hydrogen-bond acceptors (Lipinski definition) is 4. The number of hydrogen-bond donors (Lipinski definition) is 1. The van der Waals surface area contributed by atoms with Gasteiger partial charge < -0.3 is 14.8 Å². The van der Waals surface area contributed by atoms with Crippen molar-refractivity contribution in [3.63, 3.8) is 0 Å². The molecule has 2 aromatic carbocycles. The summed E-state index contributed by atoms with van der Waals surface area (Å²) in [5.74, 6) is 0.607. The highest BCUT2D eigenvalue weighted by Crippen LogP contribution is 2.27. The van der Waals surface area contributed by atoms with Gasteiger partial charge in [-0.3, -0.25) is 9.59 Å². The third-order valence-corrected chi connectivity index (χ3v) is 4.37. The largest absolute Gasteiger partial charge is 0.496 e. The molecule has 0 spiro atoms. The normalized spacial score (nSPS) is 14.1. The number of para-hydroxylation sites is 1. The van der Waals surface area contributed by atoms with Crippen LogP contribution < -0.4 is 14.8 Å². The molecule has 0 aliphatic heterocycles. The molecule has 0 bridgehead atoms. The van der Waals surface area contributed by atoms with E-state index in [2.05, 4.69) is 5.32 Å². The van der Waals surface area contributed by atoms with Gasteiger partial charge in [-0.25, -0.2) is 0 Å². The lowest BCUT2D eigenvalue weighted by atomic mass is 10.1. The summed E-state index contributed by atoms with van der Waals surface area (Å²) >= 11 is 0. The minimum Gasteiger partial charge on any atom is -0.496 e. The number of carbonyl (C=O) groups excluding carboxylic acids is 2. The van der Waals surface area contributed by atoms with Crippen LogP contribution in [0.3, 0.4) is 0 Å². The third kappa shape index (κ3) is 4.18. The Morgan fingerprint density at radius 3 is 2.36 bits per heavy atom. The standard InChI is InChI=1S/C20H21NO4/c1-24-18-9-5-4-8-17(18)19(22)21-15-10-12-16(13-11-15)25-20(23)14-6-2-3-7-14/h4-5,8-14H,2-3,6-7H2,1H3,(H,21,22). The molecule has 2 aromatic rings. The highest BCUT2D eigenvalue weighted by Gasteiger charge is 2.24. The molecule has 0 radical (unpaired) electrons. The Labute approximate surface area is 147 Å². The number of anilines is 1. The van der Waals surface area contributed by atoms with E-state index in [-0.39, 0.29) is 17.8 Å². The summed E-state index contributed by atoms with van der Waals surface area (Å²) in [6.07, 6.45) is 4.00. The van der Waals surface area contributed by atoms with Gasteiger partial charge in [0.1, 0.15) is 11.5 Å². The first-order valence-electron chi connectivity index (χ1n) is 8.43. The first kappa shape index (κ1) is 17.0. The minimum absolute atomic E-state index is 0.0184. The molecule has 1 fully saturated rings. The molecule has 1 N–H and O–H groups in total. The van der Waals surface area contributed by atoms with Crippen LogP contribution >= 0.6 is 0 Å². The average molecular weight is 339 g/mol. The first-order chi connectivity index (χ1) is 12.2. The van der Waals surface area contributed by atoms with Crippen molar-refractivity contribution in [3.8, 4) is 11.5 Å². The van der Waals surface area contributed by atoms with Gasteiger partial charge in [0.2, 0.25) is 0 Å². The quantitative estimate of drug-likeness (QED) is 0.659. The van der Waals surface area contributed by atoms with E-state index in [1.54, 1.807) is 42.5 Å². The molecule has 1 aliphatic carbocycles. The van der Waals surface area contributed by atoms with Crippen molar-refractivity contribution in [1.82, 2.24) is 0 Å². The Balaban J connectivity index is 1.62. The van der Waals surface area contributed by atoms with E-state index in [1.807, 2.05) is 6.07 Å². The summed E-state index contributed by atoms with van der Waals surface area (Å²) in [5.41, 5.74) is 1.08. The van der Waals surface area contributed by atoms with Crippen LogP contribution in [0.5, 0.6) is 11.5 Å². The van der Waals surface area contributed by atoms with Crippen molar-refractivity contribution in [2.75, 3.05) is 12.4 Å². The maximum absolute atomic E-state index is 12.4. The molecule has 0 aromatic heterocycles. The molecule has 1 saturated carbocycles. The molecule has 0 atom stereocenters. The lowest BCUT2D eigenvalue weighted by molar-refractivity contribution is -0.138. The maximum atomic E-state index is 12.4. The Kier molecular flexibility index (Phi) is 5.33. The number of methoxy groups -OCH3 is 1. The zero-order chi connectivity index (χ0) is 17.6. The Hall–Kier alpha value is -2.82. The van der Waals surface area contributed by atoms with Crippen molar-refractivity contribution < 1.29 is 19.1 Å². The topological polar surface area (TPSA) is 64.6 Å². The first-order valence-corrected chi connectivity index (χ1v) is 8.43. The Bertz CT molecular complexity index is 749. The van der Waals surface area contributed by atoms with Gasteiger partial charge in [-0.15, -0.1) is 0 Å². The molecule has 5 nitrogen and oxygen atoms in total. The molecule has 1 aliphatic rings. The zero-order valence-electron chi connectivity index (χ0n) is 14.2. The maximum Gasteiger partial charge on any atom is 0.314 e. The van der Waals surface area contributed by atoms with Crippen molar-refractivity contribution in [3.05, 3.63) is 54.1 Å². The summed E-state index contributed by atoms with van der Waals surface area (Å²) in [6, 6.07) is 13.8. The van der Waals surface area contributed by atoms with Gasteiger partial charge in [0, 0.05) is 5.69 Å². The second-order valence-electron chi connectivity index (χ2n) is 6.08. The average Bonchev–Trinajstić information content (AvgIpc) is 3.18. The SMILES string of the molecule is COc1ccccc1C(=O)Nc1ccc(OC(=O)C2CCCC2)cc1. The summed E-state index contributed by atoms with van der Waals surface area (Å²) in [5, 5.41) is 2.81. The van der Waals surface area contributed by atoms with E-state index >= 15 is 0 Å². The summed E-state index contributed by atoms with van der Waals surface area (Å²) in [7, 11) is 1.53. The number of nitrogens with one attached hydrogen (secondary N) is 1. The highest BCUT2D eigenvalue weighted by atomic mass is 16.5. The number of rotatable bonds is 5. The summed E-state index contributed by atoms with van der Waals surface area (Å²) in [6.45, 7) is 0. The van der Waals surface area contributed by atoms with E-state index < -0.39 is 0 Å². The van der Waals surface area contributed by atoms with Gasteiger partial charge in [-0.05, 0) is 49.2 Å². The van der Waals surface area contributed by atoms with Crippen LogP contribution in [0.1, 0.15) is 36.0 Å². The molecule has 5 heteroatoms. The molecule has 0 unspecified atom stereocenters. The van der Waals surface area contributed by atoms with Crippen LogP contribution in [0.2, 0.25) is 0 Å². The van der Waals surface area contributed by atoms with E-state index in [4.69, 9.17) is 9.47 Å². The van der Waals surface area contributed by atoms with E-state index in [0.717, 1.165) is 25.7 Å². The number of benzene rings is 2. The fourth-order valence-corrected chi connectivity index (χ4v) is 3.00. The lowest BCUT2D eigenvalue weighted by Crippen LogP contribution is -2.17. The van der Waals surface area contributed by atoms with Crippen LogP contribution in [0.4, 0.5) is 5.69 Å². The Morgan fingerprint density at radius 1 is 1.00 bits per heavy atom. The van der Waals surface area contributed by atoms with Gasteiger partial charge in [0.25, 0.3) is 5.91 Å². The molecule has 130 valence electrons. The molecule has 1 amide bonds. The molecule has 3 rings (SSSR count). The molecule has 0 saturated heterocycles. The monoisotopic (exact) mass is 339 g/mol. The number of amides is 1. The van der Waals surface area contributed by atoms with Crippen LogP contribution in [0.15, 0.2) is 48.5 Å². The van der Waals surface area contributed by atoms with Gasteiger partial charge in [0.15, 0.2) is 0 Å². The molecular formula is C20H21NO4. The second kappa shape index (κ2) is 7.83. The van der Waals surface area contributed by atoms with Gasteiger partial charge in [-0.1, -0.05) is 25.0 Å². The van der Waals surface area contributed by atoms with E-state index in [0.29, 0.717) is 22.7 Å². The minimum atomic E-state index is -0.256. The number of esters is 1. The molecular weight excluding hydrogens is 318 g/mol. The number of carbonyl (C=O) groups is 2. The van der Waals surface area contributed by atoms with Crippen LogP contribution in [0.25, 0.3) is 0 Å². The summed E-state index contributed by atoms with van der Waals surface area (Å²) in [4.78, 5) is 24.4. The van der Waals surface area contributed by atoms with Crippen molar-refractivity contribution in [1.29, 1.82) is 0 Å². The number of ether oxygens (including phenoxy) is 2. The fraction of sp³-hybridized carbons (Fsp3) is 0.300.